The number of fused-ring (bicyclic) bond motifs is 1. The lowest BCUT2D eigenvalue weighted by Crippen LogP contribution is -2.53. The van der Waals surface area contributed by atoms with E-state index in [2.05, 4.69) is 10.2 Å². The van der Waals surface area contributed by atoms with Crippen LogP contribution < -0.4 is 28.7 Å². The summed E-state index contributed by atoms with van der Waals surface area (Å²) in [7, 11) is 3.06. The molecule has 11 nitrogen and oxygen atoms in total. The second-order valence-corrected chi connectivity index (χ2v) is 14.2. The quantitative estimate of drug-likeness (QED) is 0.314. The number of methoxy groups -OCH3 is 3. The number of carbonyl (C=O) groups is 2. The molecule has 47 heavy (non-hydrogen) atoms. The predicted octanol–water partition coefficient (Wildman–Crippen LogP) is 4.36. The van der Waals surface area contributed by atoms with E-state index in [1.54, 1.807) is 33.2 Å². The van der Waals surface area contributed by atoms with E-state index in [-0.39, 0.29) is 28.8 Å². The first-order chi connectivity index (χ1) is 22.3. The van der Waals surface area contributed by atoms with Crippen molar-refractivity contribution >= 4 is 44.8 Å². The molecular weight excluding hydrogens is 644 g/mol. The minimum atomic E-state index is -4.57. The van der Waals surface area contributed by atoms with Crippen LogP contribution in [0.5, 0.6) is 17.2 Å². The third-order valence-electron chi connectivity index (χ3n) is 9.05. The minimum Gasteiger partial charge on any atom is -0.497 e. The van der Waals surface area contributed by atoms with E-state index in [0.717, 1.165) is 41.5 Å². The van der Waals surface area contributed by atoms with Crippen molar-refractivity contribution in [2.75, 3.05) is 64.3 Å². The lowest BCUT2D eigenvalue weighted by atomic mass is 9.74. The maximum Gasteiger partial charge on any atom is 0.274 e. The van der Waals surface area contributed by atoms with Gasteiger partial charge in [0.05, 0.1) is 33.1 Å². The monoisotopic (exact) mass is 684 g/mol. The SMILES string of the molecule is COc1ccc(S(=O)(=O)N2C(=O)C(CN[C@@H](C)C(=O)N(C)C)(c3ccc(N4CCCC4)c(C)c3OC)c3cc(Cl)ccc32)c(OC)c1. The van der Waals surface area contributed by atoms with Crippen molar-refractivity contribution in [3.63, 3.8) is 0 Å². The summed E-state index contributed by atoms with van der Waals surface area (Å²) in [5.74, 6) is -0.120. The molecule has 2 aliphatic rings. The molecule has 2 heterocycles. The Morgan fingerprint density at radius 2 is 1.66 bits per heavy atom. The summed E-state index contributed by atoms with van der Waals surface area (Å²) in [6.45, 7) is 5.29. The Morgan fingerprint density at radius 3 is 2.28 bits per heavy atom. The highest BCUT2D eigenvalue weighted by Gasteiger charge is 2.58. The van der Waals surface area contributed by atoms with Crippen LogP contribution >= 0.6 is 11.6 Å². The number of hydrogen-bond acceptors (Lipinski definition) is 9. The molecule has 2 amide bonds. The highest BCUT2D eigenvalue weighted by molar-refractivity contribution is 7.93. The molecule has 0 aromatic heterocycles. The van der Waals surface area contributed by atoms with E-state index in [1.165, 1.54) is 50.5 Å². The number of likely N-dealkylation sites (N-methyl/N-ethyl adjacent to an activating group) is 1. The Bertz CT molecular complexity index is 1810. The van der Waals surface area contributed by atoms with Gasteiger partial charge in [-0.05, 0) is 68.7 Å². The number of nitrogens with one attached hydrogen (secondary N) is 1. The number of ether oxygens (including phenoxy) is 3. The van der Waals surface area contributed by atoms with Crippen LogP contribution in [0.15, 0.2) is 53.4 Å². The van der Waals surface area contributed by atoms with Crippen LogP contribution in [-0.4, -0.2) is 86.2 Å². The Kier molecular flexibility index (Phi) is 9.68. The molecule has 1 saturated heterocycles. The molecule has 3 aromatic carbocycles. The Morgan fingerprint density at radius 1 is 0.979 bits per heavy atom. The molecule has 13 heteroatoms. The molecule has 2 aliphatic heterocycles. The van der Waals surface area contributed by atoms with Gasteiger partial charge >= 0.3 is 0 Å². The fourth-order valence-electron chi connectivity index (χ4n) is 6.64. The largest absolute Gasteiger partial charge is 0.497 e. The average molecular weight is 685 g/mol. The van der Waals surface area contributed by atoms with Crippen LogP contribution in [0, 0.1) is 6.92 Å². The number of benzene rings is 3. The zero-order valence-corrected chi connectivity index (χ0v) is 29.3. The number of anilines is 2. The summed E-state index contributed by atoms with van der Waals surface area (Å²) >= 11 is 6.58. The molecule has 0 saturated carbocycles. The molecule has 252 valence electrons. The summed E-state index contributed by atoms with van der Waals surface area (Å²) in [4.78, 5) is 31.7. The first-order valence-electron chi connectivity index (χ1n) is 15.3. The first-order valence-corrected chi connectivity index (χ1v) is 17.1. The summed E-state index contributed by atoms with van der Waals surface area (Å²) in [6.07, 6.45) is 2.14. The van der Waals surface area contributed by atoms with Crippen molar-refractivity contribution in [1.82, 2.24) is 10.2 Å². The van der Waals surface area contributed by atoms with Crippen LogP contribution in [-0.2, 0) is 25.0 Å². The number of amides is 2. The molecule has 5 rings (SSSR count). The predicted molar refractivity (Wildman–Crippen MR) is 182 cm³/mol. The normalized spacial score (nSPS) is 18.3. The second kappa shape index (κ2) is 13.2. The summed E-state index contributed by atoms with van der Waals surface area (Å²) < 4.78 is 46.8. The van der Waals surface area contributed by atoms with Crippen molar-refractivity contribution in [3.8, 4) is 17.2 Å². The number of halogens is 1. The molecule has 2 atom stereocenters. The van der Waals surface area contributed by atoms with Gasteiger partial charge in [-0.2, -0.15) is 0 Å². The Hall–Kier alpha value is -4.00. The lowest BCUT2D eigenvalue weighted by molar-refractivity contribution is -0.131. The van der Waals surface area contributed by atoms with Crippen molar-refractivity contribution in [2.45, 2.75) is 43.0 Å². The van der Waals surface area contributed by atoms with Gasteiger partial charge in [-0.1, -0.05) is 17.7 Å². The van der Waals surface area contributed by atoms with Crippen LogP contribution in [0.2, 0.25) is 5.02 Å². The van der Waals surface area contributed by atoms with Crippen LogP contribution in [0.4, 0.5) is 11.4 Å². The molecule has 0 radical (unpaired) electrons. The fourth-order valence-corrected chi connectivity index (χ4v) is 8.44. The number of nitrogens with zero attached hydrogens (tertiary/aromatic N) is 3. The second-order valence-electron chi connectivity index (χ2n) is 12.0. The highest BCUT2D eigenvalue weighted by Crippen LogP contribution is 2.53. The van der Waals surface area contributed by atoms with Crippen molar-refractivity contribution < 1.29 is 32.2 Å². The number of hydrogen-bond donors (Lipinski definition) is 1. The van der Waals surface area contributed by atoms with Crippen LogP contribution in [0.3, 0.4) is 0 Å². The molecule has 0 bridgehead atoms. The van der Waals surface area contributed by atoms with Crippen LogP contribution in [0.25, 0.3) is 0 Å². The van der Waals surface area contributed by atoms with Gasteiger partial charge in [0.1, 0.15) is 27.6 Å². The van der Waals surface area contributed by atoms with Gasteiger partial charge in [-0.15, -0.1) is 0 Å². The van der Waals surface area contributed by atoms with Gasteiger partial charge < -0.3 is 29.3 Å². The van der Waals surface area contributed by atoms with Gasteiger partial charge in [0.2, 0.25) is 5.91 Å². The van der Waals surface area contributed by atoms with E-state index in [4.69, 9.17) is 25.8 Å². The standard InChI is InChI=1S/C34H41ClN4O7S/c1-21-27(38-16-8-9-17-38)14-12-25(31(21)46-7)34(20-36-22(2)32(40)37(3)4)26-18-23(35)10-13-28(26)39(33(34)41)47(42,43)30-15-11-24(44-5)19-29(30)45-6/h10-15,18-19,22,36H,8-9,16-17,20H2,1-7H3/t22-,34?/m0/s1. The summed E-state index contributed by atoms with van der Waals surface area (Å²) in [5.41, 5.74) is 1.06. The van der Waals surface area contributed by atoms with E-state index in [9.17, 15) is 13.2 Å². The average Bonchev–Trinajstić information content (AvgIpc) is 3.67. The summed E-state index contributed by atoms with van der Waals surface area (Å²) in [6, 6.07) is 12.0. The van der Waals surface area contributed by atoms with Gasteiger partial charge in [-0.25, -0.2) is 12.7 Å². The smallest absolute Gasteiger partial charge is 0.274 e. The van der Waals surface area contributed by atoms with Crippen molar-refractivity contribution in [3.05, 3.63) is 70.2 Å². The molecule has 0 spiro atoms. The molecule has 1 fully saturated rings. The maximum absolute atomic E-state index is 15.2. The fraction of sp³-hybridized carbons (Fsp3) is 0.412. The molecule has 3 aromatic rings. The number of carbonyl (C=O) groups excluding carboxylic acids is 2. The topological polar surface area (TPSA) is 118 Å². The van der Waals surface area contributed by atoms with Gasteiger partial charge in [0.15, 0.2) is 0 Å². The molecule has 1 N–H and O–H groups in total. The highest BCUT2D eigenvalue weighted by atomic mass is 35.5. The van der Waals surface area contributed by atoms with Gasteiger partial charge in [-0.3, -0.25) is 9.59 Å². The zero-order valence-electron chi connectivity index (χ0n) is 27.7. The zero-order chi connectivity index (χ0) is 34.3. The van der Waals surface area contributed by atoms with Crippen LogP contribution in [0.1, 0.15) is 36.5 Å². The van der Waals surface area contributed by atoms with E-state index in [0.29, 0.717) is 27.6 Å². The number of rotatable bonds is 11. The molecular formula is C34H41ClN4O7S. The maximum atomic E-state index is 15.2. The van der Waals surface area contributed by atoms with Crippen molar-refractivity contribution in [1.29, 1.82) is 0 Å². The number of sulfonamides is 1. The Balaban J connectivity index is 1.78. The Labute approximate surface area is 281 Å². The molecule has 1 unspecified atom stereocenters. The first kappa shape index (κ1) is 34.3. The van der Waals surface area contributed by atoms with E-state index < -0.39 is 27.4 Å². The third-order valence-corrected chi connectivity index (χ3v) is 11.0. The van der Waals surface area contributed by atoms with Gasteiger partial charge in [0.25, 0.3) is 15.9 Å². The molecule has 0 aliphatic carbocycles. The van der Waals surface area contributed by atoms with E-state index in [1.807, 2.05) is 19.1 Å². The minimum absolute atomic E-state index is 0.0110. The van der Waals surface area contributed by atoms with Gasteiger partial charge in [0, 0.05) is 61.6 Å². The van der Waals surface area contributed by atoms with Crippen molar-refractivity contribution in [2.24, 2.45) is 0 Å². The third kappa shape index (κ3) is 5.76. The summed E-state index contributed by atoms with van der Waals surface area (Å²) in [5, 5.41) is 3.55. The van der Waals surface area contributed by atoms with E-state index >= 15 is 4.79 Å². The lowest BCUT2D eigenvalue weighted by Gasteiger charge is -2.34.